The summed E-state index contributed by atoms with van der Waals surface area (Å²) in [5, 5.41) is 23.6. The minimum Gasteiger partial charge on any atom is -0.481 e. The molecule has 0 spiro atoms. The zero-order valence-corrected chi connectivity index (χ0v) is 16.7. The molecular formula is C10H20O21P2. The zero-order chi connectivity index (χ0) is 25.7. The van der Waals surface area contributed by atoms with Crippen LogP contribution in [0.5, 0.6) is 0 Å². The van der Waals surface area contributed by atoms with Crippen LogP contribution in [-0.4, -0.2) is 86.7 Å². The molecule has 0 bridgehead atoms. The molecule has 0 saturated carbocycles. The summed E-state index contributed by atoms with van der Waals surface area (Å²) in [4.78, 5) is 109. The van der Waals surface area contributed by atoms with Crippen LogP contribution < -0.4 is 0 Å². The molecule has 0 rings (SSSR count). The lowest BCUT2D eigenvalue weighted by Gasteiger charge is -2.03. The molecule has 0 aromatic heterocycles. The van der Waals surface area contributed by atoms with Crippen molar-refractivity contribution in [1.29, 1.82) is 0 Å². The van der Waals surface area contributed by atoms with E-state index in [0.29, 0.717) is 0 Å². The van der Waals surface area contributed by atoms with Gasteiger partial charge in [0, 0.05) is 0 Å². The number of phosphoric acid groups is 2. The average molecular weight is 538 g/mol. The topological polar surface area (TPSA) is 405 Å². The van der Waals surface area contributed by atoms with Crippen molar-refractivity contribution in [3.05, 3.63) is 12.3 Å². The SMILES string of the molecule is C.C=C(OP(=O)(O)O)C(=O)O.O.O.O=C(O)CC(=O)C(=O)O.O=C=O.O=C=O.O=P(O)(O)O. The molecule has 0 atom stereocenters. The number of carboxylic acids is 3. The van der Waals surface area contributed by atoms with E-state index in [-0.39, 0.29) is 30.7 Å². The van der Waals surface area contributed by atoms with Gasteiger partial charge in [0.25, 0.3) is 5.78 Å². The van der Waals surface area contributed by atoms with Crippen molar-refractivity contribution >= 4 is 51.6 Å². The van der Waals surface area contributed by atoms with Gasteiger partial charge in [-0.15, -0.1) is 0 Å². The van der Waals surface area contributed by atoms with Crippen molar-refractivity contribution in [2.45, 2.75) is 13.8 Å². The number of ketones is 1. The standard InChI is InChI=1S/C4H4O5.C3H5O6P.2CO2.CH4.H3O4P.2H2O/c5-2(4(8)9)1-3(6)7;1-2(3(4)5)9-10(6,7)8;2*2-1-3;;1-5(2,3)4;;/h1H2,(H,6,7)(H,8,9);1H2,(H,4,5)(H2,6,7,8);;;1H4;(H3,1,2,3,4);2*1H2. The zero-order valence-electron chi connectivity index (χ0n) is 14.9. The van der Waals surface area contributed by atoms with E-state index >= 15 is 0 Å². The third-order valence-corrected chi connectivity index (χ3v) is 1.48. The van der Waals surface area contributed by atoms with Gasteiger partial charge in [0.05, 0.1) is 0 Å². The number of aliphatic carboxylic acids is 3. The van der Waals surface area contributed by atoms with Crippen LogP contribution in [0, 0.1) is 0 Å². The molecule has 0 aliphatic rings. The number of carboxylic acid groups (broad SMARTS) is 3. The Morgan fingerprint density at radius 1 is 0.758 bits per heavy atom. The van der Waals surface area contributed by atoms with Crippen LogP contribution in [0.25, 0.3) is 0 Å². The van der Waals surface area contributed by atoms with Gasteiger partial charge in [-0.3, -0.25) is 19.4 Å². The van der Waals surface area contributed by atoms with Gasteiger partial charge in [0.2, 0.25) is 5.76 Å². The van der Waals surface area contributed by atoms with E-state index in [4.69, 9.17) is 63.5 Å². The van der Waals surface area contributed by atoms with Gasteiger partial charge in [-0.1, -0.05) is 7.43 Å². The summed E-state index contributed by atoms with van der Waals surface area (Å²) in [5.41, 5.74) is 0. The summed E-state index contributed by atoms with van der Waals surface area (Å²) in [6.07, 6.45) is -0.449. The van der Waals surface area contributed by atoms with Crippen molar-refractivity contribution in [1.82, 2.24) is 0 Å². The highest BCUT2D eigenvalue weighted by Crippen LogP contribution is 2.38. The summed E-state index contributed by atoms with van der Waals surface area (Å²) >= 11 is 0. The molecule has 0 radical (unpaired) electrons. The molecule has 0 aliphatic carbocycles. The smallest absolute Gasteiger partial charge is 0.481 e. The molecule has 33 heavy (non-hydrogen) atoms. The quantitative estimate of drug-likeness (QED) is 0.0521. The van der Waals surface area contributed by atoms with E-state index < -0.39 is 51.5 Å². The van der Waals surface area contributed by atoms with Crippen LogP contribution >= 0.6 is 15.6 Å². The number of carbonyl (C=O) groups is 4. The van der Waals surface area contributed by atoms with Crippen molar-refractivity contribution in [2.75, 3.05) is 0 Å². The maximum Gasteiger partial charge on any atom is 0.525 e. The molecule has 196 valence electrons. The highest BCUT2D eigenvalue weighted by molar-refractivity contribution is 7.46. The van der Waals surface area contributed by atoms with E-state index in [0.717, 1.165) is 0 Å². The Morgan fingerprint density at radius 2 is 1.00 bits per heavy atom. The number of hydrogen-bond acceptors (Lipinski definition) is 11. The fourth-order valence-corrected chi connectivity index (χ4v) is 0.761. The lowest BCUT2D eigenvalue weighted by Crippen LogP contribution is -2.16. The van der Waals surface area contributed by atoms with Crippen LogP contribution in [-0.2, 0) is 52.0 Å². The molecule has 12 N–H and O–H groups in total. The lowest BCUT2D eigenvalue weighted by atomic mass is 10.3. The second-order valence-corrected chi connectivity index (χ2v) is 5.48. The number of Topliss-reactive ketones (excluding diaryl/α,β-unsaturated/α-hetero) is 1. The summed E-state index contributed by atoms with van der Waals surface area (Å²) < 4.78 is 22.3. The van der Waals surface area contributed by atoms with Crippen molar-refractivity contribution in [3.63, 3.8) is 0 Å². The molecule has 0 fully saturated rings. The molecule has 0 aromatic rings. The van der Waals surface area contributed by atoms with E-state index in [2.05, 4.69) is 11.1 Å². The highest BCUT2D eigenvalue weighted by Gasteiger charge is 2.20. The molecule has 0 aliphatic heterocycles. The Kier molecular flexibility index (Phi) is 44.9. The van der Waals surface area contributed by atoms with Gasteiger partial charge in [0.15, 0.2) is 0 Å². The molecule has 0 aromatic carbocycles. The number of rotatable bonds is 6. The van der Waals surface area contributed by atoms with Crippen LogP contribution in [0.15, 0.2) is 12.3 Å². The van der Waals surface area contributed by atoms with E-state index in [9.17, 15) is 23.7 Å². The van der Waals surface area contributed by atoms with Crippen LogP contribution in [0.4, 0.5) is 0 Å². The molecule has 0 unspecified atom stereocenters. The predicted octanol–water partition coefficient (Wildman–Crippen LogP) is -4.30. The third-order valence-electron chi connectivity index (χ3n) is 1.02. The Labute approximate surface area is 181 Å². The van der Waals surface area contributed by atoms with Crippen LogP contribution in [0.2, 0.25) is 0 Å². The Hall–Kier alpha value is -3.44. The second-order valence-electron chi connectivity index (χ2n) is 3.29. The fourth-order valence-electron chi connectivity index (χ4n) is 0.396. The van der Waals surface area contributed by atoms with Gasteiger partial charge < -0.3 is 45.5 Å². The maximum absolute atomic E-state index is 9.97. The summed E-state index contributed by atoms with van der Waals surface area (Å²) in [7, 11) is -9.39. The fraction of sp³-hybridized carbons (Fsp3) is 0.200. The monoisotopic (exact) mass is 538 g/mol. The van der Waals surface area contributed by atoms with Gasteiger partial charge in [-0.2, -0.15) is 19.2 Å². The van der Waals surface area contributed by atoms with Crippen LogP contribution in [0.1, 0.15) is 13.8 Å². The summed E-state index contributed by atoms with van der Waals surface area (Å²) in [5.74, 6) is -7.03. The lowest BCUT2D eigenvalue weighted by molar-refractivity contribution is -0.193. The van der Waals surface area contributed by atoms with Gasteiger partial charge >= 0.3 is 45.9 Å². The Morgan fingerprint density at radius 3 is 1.06 bits per heavy atom. The maximum atomic E-state index is 9.97. The first-order valence-electron chi connectivity index (χ1n) is 5.62. The van der Waals surface area contributed by atoms with Crippen molar-refractivity contribution in [2.24, 2.45) is 0 Å². The molecule has 0 amide bonds. The van der Waals surface area contributed by atoms with Crippen LogP contribution in [0.3, 0.4) is 0 Å². The third kappa shape index (κ3) is 110. The normalized spacial score (nSPS) is 7.79. The van der Waals surface area contributed by atoms with Gasteiger partial charge in [-0.05, 0) is 6.58 Å². The molecule has 0 saturated heterocycles. The minimum atomic E-state index is -4.76. The molecule has 0 heterocycles. The molecule has 23 heteroatoms. The Balaban J connectivity index is -0.0000000417. The second kappa shape index (κ2) is 28.6. The summed E-state index contributed by atoms with van der Waals surface area (Å²) in [6, 6.07) is 0. The van der Waals surface area contributed by atoms with Gasteiger partial charge in [-0.25, -0.2) is 18.7 Å². The first-order chi connectivity index (χ1) is 13.2. The van der Waals surface area contributed by atoms with E-state index in [1.807, 2.05) is 0 Å². The first kappa shape index (κ1) is 51.9. The van der Waals surface area contributed by atoms with Gasteiger partial charge in [0.1, 0.15) is 6.42 Å². The number of carbonyl (C=O) groups excluding carboxylic acids is 5. The highest BCUT2D eigenvalue weighted by atomic mass is 31.2. The largest absolute Gasteiger partial charge is 0.525 e. The Bertz CT molecular complexity index is 723. The molecular weight excluding hydrogens is 518 g/mol. The van der Waals surface area contributed by atoms with Crippen molar-refractivity contribution < 1.29 is 103 Å². The number of phosphoric ester groups is 1. The van der Waals surface area contributed by atoms with E-state index in [1.54, 1.807) is 0 Å². The predicted molar refractivity (Wildman–Crippen MR) is 93.0 cm³/mol. The molecule has 21 nitrogen and oxygen atoms in total. The first-order valence-corrected chi connectivity index (χ1v) is 8.71. The average Bonchev–Trinajstić information content (AvgIpc) is 2.45. The minimum absolute atomic E-state index is 0. The van der Waals surface area contributed by atoms with Crippen molar-refractivity contribution in [3.8, 4) is 0 Å². The summed E-state index contributed by atoms with van der Waals surface area (Å²) in [6.45, 7) is 2.73. The van der Waals surface area contributed by atoms with E-state index in [1.165, 1.54) is 0 Å². The number of hydrogen-bond donors (Lipinski definition) is 8.